The second-order valence-electron chi connectivity index (χ2n) is 6.53. The van der Waals surface area contributed by atoms with Gasteiger partial charge in [0.2, 0.25) is 0 Å². The highest BCUT2D eigenvalue weighted by Crippen LogP contribution is 2.22. The predicted molar refractivity (Wildman–Crippen MR) is 79.8 cm³/mol. The van der Waals surface area contributed by atoms with Crippen molar-refractivity contribution in [2.75, 3.05) is 19.7 Å². The Morgan fingerprint density at radius 1 is 1.38 bits per heavy atom. The monoisotopic (exact) mass is 300 g/mol. The Labute approximate surface area is 126 Å². The molecule has 122 valence electrons. The van der Waals surface area contributed by atoms with E-state index in [4.69, 9.17) is 15.2 Å². The van der Waals surface area contributed by atoms with Gasteiger partial charge in [-0.3, -0.25) is 4.79 Å². The van der Waals surface area contributed by atoms with Crippen molar-refractivity contribution in [3.63, 3.8) is 0 Å². The highest BCUT2D eigenvalue weighted by molar-refractivity contribution is 5.75. The van der Waals surface area contributed by atoms with Gasteiger partial charge in [0.15, 0.2) is 0 Å². The normalized spacial score (nSPS) is 20.8. The quantitative estimate of drug-likeness (QED) is 0.802. The van der Waals surface area contributed by atoms with Crippen LogP contribution in [0.1, 0.15) is 47.0 Å². The number of rotatable bonds is 4. The molecular formula is C15H28N2O4. The number of carbonyl (C=O) groups is 2. The van der Waals surface area contributed by atoms with Crippen molar-refractivity contribution in [2.45, 2.75) is 58.6 Å². The van der Waals surface area contributed by atoms with E-state index < -0.39 is 11.6 Å². The third-order valence-corrected chi connectivity index (χ3v) is 3.35. The van der Waals surface area contributed by atoms with Crippen molar-refractivity contribution in [3.05, 3.63) is 0 Å². The fourth-order valence-corrected chi connectivity index (χ4v) is 2.45. The maximum atomic E-state index is 12.1. The van der Waals surface area contributed by atoms with Gasteiger partial charge in [-0.1, -0.05) is 0 Å². The molecule has 1 rings (SSSR count). The standard InChI is InChI=1S/C15H28N2O4/c1-5-20-13(18)12(16)9-11-7-6-8-17(10-11)14(19)21-15(2,3)4/h11-12H,5-10,16H2,1-4H3. The van der Waals surface area contributed by atoms with Crippen LogP contribution in [0.15, 0.2) is 0 Å². The molecule has 21 heavy (non-hydrogen) atoms. The first-order valence-electron chi connectivity index (χ1n) is 7.63. The van der Waals surface area contributed by atoms with Gasteiger partial charge in [-0.2, -0.15) is 0 Å². The van der Waals surface area contributed by atoms with E-state index in [1.807, 2.05) is 20.8 Å². The molecule has 1 aliphatic rings. The molecule has 0 bridgehead atoms. The van der Waals surface area contributed by atoms with Gasteiger partial charge in [0.05, 0.1) is 6.61 Å². The molecule has 1 amide bonds. The molecule has 0 aliphatic carbocycles. The topological polar surface area (TPSA) is 81.9 Å². The summed E-state index contributed by atoms with van der Waals surface area (Å²) >= 11 is 0. The lowest BCUT2D eigenvalue weighted by atomic mass is 9.92. The predicted octanol–water partition coefficient (Wildman–Crippen LogP) is 1.91. The summed E-state index contributed by atoms with van der Waals surface area (Å²) in [6, 6.07) is -0.617. The minimum Gasteiger partial charge on any atom is -0.465 e. The Balaban J connectivity index is 2.48. The number of carbonyl (C=O) groups excluding carboxylic acids is 2. The molecule has 1 heterocycles. The third-order valence-electron chi connectivity index (χ3n) is 3.35. The Bertz CT molecular complexity index is 365. The molecule has 2 unspecified atom stereocenters. The Morgan fingerprint density at radius 2 is 2.05 bits per heavy atom. The van der Waals surface area contributed by atoms with Crippen molar-refractivity contribution in [3.8, 4) is 0 Å². The Kier molecular flexibility index (Phi) is 6.45. The highest BCUT2D eigenvalue weighted by atomic mass is 16.6. The lowest BCUT2D eigenvalue weighted by molar-refractivity contribution is -0.145. The van der Waals surface area contributed by atoms with Crippen molar-refractivity contribution in [2.24, 2.45) is 11.7 Å². The zero-order valence-corrected chi connectivity index (χ0v) is 13.6. The number of ether oxygens (including phenoxy) is 2. The summed E-state index contributed by atoms with van der Waals surface area (Å²) in [4.78, 5) is 25.3. The average Bonchev–Trinajstić information content (AvgIpc) is 2.37. The molecule has 0 aromatic heterocycles. The summed E-state index contributed by atoms with van der Waals surface area (Å²) < 4.78 is 10.3. The smallest absolute Gasteiger partial charge is 0.410 e. The molecule has 0 aromatic carbocycles. The van der Waals surface area contributed by atoms with Crippen LogP contribution in [0.25, 0.3) is 0 Å². The van der Waals surface area contributed by atoms with Gasteiger partial charge in [-0.05, 0) is 52.9 Å². The summed E-state index contributed by atoms with van der Waals surface area (Å²) in [6.07, 6.45) is 2.11. The van der Waals surface area contributed by atoms with Crippen molar-refractivity contribution in [1.82, 2.24) is 4.90 Å². The first kappa shape index (κ1) is 17.8. The van der Waals surface area contributed by atoms with Crippen LogP contribution in [0.2, 0.25) is 0 Å². The second kappa shape index (κ2) is 7.64. The number of piperidine rings is 1. The lowest BCUT2D eigenvalue weighted by Gasteiger charge is -2.34. The summed E-state index contributed by atoms with van der Waals surface area (Å²) in [7, 11) is 0. The second-order valence-corrected chi connectivity index (χ2v) is 6.53. The van der Waals surface area contributed by atoms with E-state index in [-0.39, 0.29) is 18.0 Å². The van der Waals surface area contributed by atoms with Gasteiger partial charge < -0.3 is 20.1 Å². The minimum absolute atomic E-state index is 0.214. The molecule has 0 spiro atoms. The van der Waals surface area contributed by atoms with E-state index in [1.54, 1.807) is 11.8 Å². The van der Waals surface area contributed by atoms with E-state index in [1.165, 1.54) is 0 Å². The van der Waals surface area contributed by atoms with E-state index in [0.717, 1.165) is 12.8 Å². The van der Waals surface area contributed by atoms with Crippen LogP contribution in [-0.4, -0.2) is 48.3 Å². The molecule has 6 nitrogen and oxygen atoms in total. The minimum atomic E-state index is -0.617. The maximum absolute atomic E-state index is 12.1. The molecule has 6 heteroatoms. The largest absolute Gasteiger partial charge is 0.465 e. The molecule has 0 saturated carbocycles. The molecule has 1 aliphatic heterocycles. The summed E-state index contributed by atoms with van der Waals surface area (Å²) in [5, 5.41) is 0. The third kappa shape index (κ3) is 6.33. The molecule has 1 fully saturated rings. The number of hydrogen-bond donors (Lipinski definition) is 1. The molecule has 1 saturated heterocycles. The molecule has 2 atom stereocenters. The van der Waals surface area contributed by atoms with Gasteiger partial charge in [-0.25, -0.2) is 4.79 Å². The number of esters is 1. The van der Waals surface area contributed by atoms with E-state index in [9.17, 15) is 9.59 Å². The van der Waals surface area contributed by atoms with Gasteiger partial charge in [-0.15, -0.1) is 0 Å². The number of nitrogens with two attached hydrogens (primary N) is 1. The molecule has 2 N–H and O–H groups in total. The molecular weight excluding hydrogens is 272 g/mol. The van der Waals surface area contributed by atoms with Crippen LogP contribution < -0.4 is 5.73 Å². The Morgan fingerprint density at radius 3 is 2.62 bits per heavy atom. The fraction of sp³-hybridized carbons (Fsp3) is 0.867. The molecule has 0 aromatic rings. The first-order chi connectivity index (χ1) is 9.73. The fourth-order valence-electron chi connectivity index (χ4n) is 2.45. The summed E-state index contributed by atoms with van der Waals surface area (Å²) in [5.74, 6) is -0.155. The van der Waals surface area contributed by atoms with Gasteiger partial charge in [0, 0.05) is 13.1 Å². The molecule has 0 radical (unpaired) electrons. The van der Waals surface area contributed by atoms with E-state index in [2.05, 4.69) is 0 Å². The van der Waals surface area contributed by atoms with Crippen LogP contribution in [0.3, 0.4) is 0 Å². The number of likely N-dealkylation sites (tertiary alicyclic amines) is 1. The maximum Gasteiger partial charge on any atom is 0.410 e. The lowest BCUT2D eigenvalue weighted by Crippen LogP contribution is -2.45. The van der Waals surface area contributed by atoms with Gasteiger partial charge in [0.1, 0.15) is 11.6 Å². The number of amides is 1. The van der Waals surface area contributed by atoms with Gasteiger partial charge >= 0.3 is 12.1 Å². The van der Waals surface area contributed by atoms with E-state index in [0.29, 0.717) is 26.1 Å². The number of nitrogens with zero attached hydrogens (tertiary/aromatic N) is 1. The first-order valence-corrected chi connectivity index (χ1v) is 7.63. The zero-order valence-electron chi connectivity index (χ0n) is 13.6. The summed E-state index contributed by atoms with van der Waals surface area (Å²) in [5.41, 5.74) is 5.35. The van der Waals surface area contributed by atoms with Crippen molar-refractivity contribution < 1.29 is 19.1 Å². The van der Waals surface area contributed by atoms with Crippen molar-refractivity contribution in [1.29, 1.82) is 0 Å². The zero-order chi connectivity index (χ0) is 16.0. The van der Waals surface area contributed by atoms with Crippen LogP contribution in [0.4, 0.5) is 4.79 Å². The van der Waals surface area contributed by atoms with Crippen LogP contribution in [0, 0.1) is 5.92 Å². The Hall–Kier alpha value is -1.30. The van der Waals surface area contributed by atoms with Gasteiger partial charge in [0.25, 0.3) is 0 Å². The van der Waals surface area contributed by atoms with E-state index >= 15 is 0 Å². The van der Waals surface area contributed by atoms with Crippen molar-refractivity contribution >= 4 is 12.1 Å². The van der Waals surface area contributed by atoms with Crippen LogP contribution in [0.5, 0.6) is 0 Å². The van der Waals surface area contributed by atoms with Crippen LogP contribution >= 0.6 is 0 Å². The average molecular weight is 300 g/mol. The summed E-state index contributed by atoms with van der Waals surface area (Å²) in [6.45, 7) is 8.92. The number of hydrogen-bond acceptors (Lipinski definition) is 5. The highest BCUT2D eigenvalue weighted by Gasteiger charge is 2.29. The van der Waals surface area contributed by atoms with Crippen LogP contribution in [-0.2, 0) is 14.3 Å². The SMILES string of the molecule is CCOC(=O)C(N)CC1CCCN(C(=O)OC(C)(C)C)C1.